The van der Waals surface area contributed by atoms with Crippen LogP contribution in [-0.2, 0) is 15.9 Å². The first-order valence-electron chi connectivity index (χ1n) is 6.98. The molecule has 1 aromatic carbocycles. The standard InChI is InChI=1S/C16H25N3O2/c1-11(20)18-15(2,3)12-7-9-13(10-8-12)16(4,5)19-14(21)17-6/h7-10H,1-6H3,(H,18,20)(H2,17,19,21). The van der Waals surface area contributed by atoms with Gasteiger partial charge in [-0.05, 0) is 38.8 Å². The summed E-state index contributed by atoms with van der Waals surface area (Å²) in [7, 11) is 1.59. The van der Waals surface area contributed by atoms with Crippen molar-refractivity contribution in [2.45, 2.75) is 45.7 Å². The van der Waals surface area contributed by atoms with Crippen LogP contribution < -0.4 is 16.0 Å². The summed E-state index contributed by atoms with van der Waals surface area (Å²) >= 11 is 0. The Morgan fingerprint density at radius 3 is 1.57 bits per heavy atom. The third kappa shape index (κ3) is 4.48. The Morgan fingerprint density at radius 2 is 1.24 bits per heavy atom. The number of hydrogen-bond acceptors (Lipinski definition) is 2. The summed E-state index contributed by atoms with van der Waals surface area (Å²) in [5.41, 5.74) is 1.10. The molecule has 116 valence electrons. The van der Waals surface area contributed by atoms with E-state index in [-0.39, 0.29) is 11.9 Å². The topological polar surface area (TPSA) is 70.2 Å². The molecule has 5 heteroatoms. The van der Waals surface area contributed by atoms with E-state index in [4.69, 9.17) is 0 Å². The third-order valence-corrected chi connectivity index (χ3v) is 3.47. The number of carbonyl (C=O) groups excluding carboxylic acids is 2. The average molecular weight is 291 g/mol. The Kier molecular flexibility index (Phi) is 4.99. The fraction of sp³-hybridized carbons (Fsp3) is 0.500. The van der Waals surface area contributed by atoms with E-state index in [1.165, 1.54) is 6.92 Å². The molecule has 21 heavy (non-hydrogen) atoms. The number of carbonyl (C=O) groups is 2. The molecule has 0 aliphatic rings. The molecule has 3 N–H and O–H groups in total. The van der Waals surface area contributed by atoms with Gasteiger partial charge in [-0.25, -0.2) is 4.79 Å². The quantitative estimate of drug-likeness (QED) is 0.796. The van der Waals surface area contributed by atoms with Gasteiger partial charge in [-0.2, -0.15) is 0 Å². The van der Waals surface area contributed by atoms with E-state index in [0.717, 1.165) is 11.1 Å². The predicted octanol–water partition coefficient (Wildman–Crippen LogP) is 2.22. The maximum absolute atomic E-state index is 11.5. The van der Waals surface area contributed by atoms with Gasteiger partial charge in [0.15, 0.2) is 0 Å². The molecule has 5 nitrogen and oxygen atoms in total. The lowest BCUT2D eigenvalue weighted by atomic mass is 9.89. The fourth-order valence-electron chi connectivity index (χ4n) is 2.23. The highest BCUT2D eigenvalue weighted by Crippen LogP contribution is 2.25. The summed E-state index contributed by atoms with van der Waals surface area (Å²) in [6.45, 7) is 9.30. The summed E-state index contributed by atoms with van der Waals surface area (Å²) in [5, 5.41) is 8.36. The van der Waals surface area contributed by atoms with E-state index >= 15 is 0 Å². The first kappa shape index (κ1) is 17.0. The van der Waals surface area contributed by atoms with Crippen LogP contribution in [0.25, 0.3) is 0 Å². The first-order chi connectivity index (χ1) is 9.58. The molecular formula is C16H25N3O2. The van der Waals surface area contributed by atoms with Gasteiger partial charge in [0.05, 0.1) is 11.1 Å². The van der Waals surface area contributed by atoms with E-state index < -0.39 is 11.1 Å². The maximum Gasteiger partial charge on any atom is 0.315 e. The van der Waals surface area contributed by atoms with Crippen molar-refractivity contribution < 1.29 is 9.59 Å². The second kappa shape index (κ2) is 6.16. The van der Waals surface area contributed by atoms with Crippen LogP contribution in [0, 0.1) is 0 Å². The molecule has 0 saturated carbocycles. The van der Waals surface area contributed by atoms with Gasteiger partial charge in [0, 0.05) is 14.0 Å². The van der Waals surface area contributed by atoms with Crippen LogP contribution in [0.4, 0.5) is 4.79 Å². The number of nitrogens with one attached hydrogen (secondary N) is 3. The molecule has 0 radical (unpaired) electrons. The minimum absolute atomic E-state index is 0.0642. The van der Waals surface area contributed by atoms with Crippen LogP contribution in [0.3, 0.4) is 0 Å². The maximum atomic E-state index is 11.5. The number of amides is 3. The molecule has 3 amide bonds. The summed E-state index contributed by atoms with van der Waals surface area (Å²) in [6.07, 6.45) is 0. The minimum atomic E-state index is -0.475. The molecule has 0 saturated heterocycles. The Bertz CT molecular complexity index is 519. The Labute approximate surface area is 126 Å². The molecule has 0 aliphatic heterocycles. The number of urea groups is 1. The Hall–Kier alpha value is -2.04. The summed E-state index contributed by atoms with van der Waals surface area (Å²) < 4.78 is 0. The van der Waals surface area contributed by atoms with Gasteiger partial charge in [0.2, 0.25) is 5.91 Å². The lowest BCUT2D eigenvalue weighted by Gasteiger charge is -2.29. The van der Waals surface area contributed by atoms with Gasteiger partial charge in [-0.1, -0.05) is 24.3 Å². The molecule has 1 rings (SSSR count). The van der Waals surface area contributed by atoms with E-state index in [2.05, 4.69) is 16.0 Å². The number of benzene rings is 1. The SMILES string of the molecule is CNC(=O)NC(C)(C)c1ccc(C(C)(C)NC(C)=O)cc1. The Balaban J connectivity index is 2.96. The minimum Gasteiger partial charge on any atom is -0.347 e. The summed E-state index contributed by atoms with van der Waals surface area (Å²) in [5.74, 6) is -0.0642. The van der Waals surface area contributed by atoms with Gasteiger partial charge in [0.1, 0.15) is 0 Å². The van der Waals surface area contributed by atoms with Crippen molar-refractivity contribution in [3.05, 3.63) is 35.4 Å². The van der Waals surface area contributed by atoms with Crippen LogP contribution in [0.2, 0.25) is 0 Å². The molecule has 0 heterocycles. The molecule has 0 atom stereocenters. The van der Waals surface area contributed by atoms with E-state index in [1.807, 2.05) is 52.0 Å². The normalized spacial score (nSPS) is 11.7. The van der Waals surface area contributed by atoms with Crippen molar-refractivity contribution >= 4 is 11.9 Å². The zero-order chi connectivity index (χ0) is 16.3. The second-order valence-corrected chi connectivity index (χ2v) is 6.21. The molecule has 0 aliphatic carbocycles. The zero-order valence-electron chi connectivity index (χ0n) is 13.6. The first-order valence-corrected chi connectivity index (χ1v) is 6.98. The number of rotatable bonds is 4. The number of hydrogen-bond donors (Lipinski definition) is 3. The highest BCUT2D eigenvalue weighted by Gasteiger charge is 2.25. The molecule has 0 unspecified atom stereocenters. The average Bonchev–Trinajstić information content (AvgIpc) is 2.36. The van der Waals surface area contributed by atoms with Gasteiger partial charge >= 0.3 is 6.03 Å². The zero-order valence-corrected chi connectivity index (χ0v) is 13.6. The van der Waals surface area contributed by atoms with Crippen molar-refractivity contribution in [1.82, 2.24) is 16.0 Å². The van der Waals surface area contributed by atoms with Crippen molar-refractivity contribution in [3.63, 3.8) is 0 Å². The van der Waals surface area contributed by atoms with E-state index in [0.29, 0.717) is 0 Å². The smallest absolute Gasteiger partial charge is 0.315 e. The summed E-state index contributed by atoms with van der Waals surface area (Å²) in [4.78, 5) is 22.7. The summed E-state index contributed by atoms with van der Waals surface area (Å²) in [6, 6.07) is 7.66. The van der Waals surface area contributed by atoms with Gasteiger partial charge < -0.3 is 16.0 Å². The highest BCUT2D eigenvalue weighted by molar-refractivity contribution is 5.75. The van der Waals surface area contributed by atoms with Crippen molar-refractivity contribution in [1.29, 1.82) is 0 Å². The lowest BCUT2D eigenvalue weighted by molar-refractivity contribution is -0.120. The monoisotopic (exact) mass is 291 g/mol. The highest BCUT2D eigenvalue weighted by atomic mass is 16.2. The third-order valence-electron chi connectivity index (χ3n) is 3.47. The molecule has 0 aromatic heterocycles. The van der Waals surface area contributed by atoms with Gasteiger partial charge in [-0.3, -0.25) is 4.79 Å². The molecule has 0 spiro atoms. The molecule has 0 bridgehead atoms. The van der Waals surface area contributed by atoms with Crippen molar-refractivity contribution in [2.24, 2.45) is 0 Å². The van der Waals surface area contributed by atoms with Crippen LogP contribution >= 0.6 is 0 Å². The molecule has 1 aromatic rings. The van der Waals surface area contributed by atoms with E-state index in [1.54, 1.807) is 7.05 Å². The van der Waals surface area contributed by atoms with Crippen LogP contribution in [0.15, 0.2) is 24.3 Å². The Morgan fingerprint density at radius 1 is 0.857 bits per heavy atom. The van der Waals surface area contributed by atoms with Crippen LogP contribution in [-0.4, -0.2) is 19.0 Å². The second-order valence-electron chi connectivity index (χ2n) is 6.21. The van der Waals surface area contributed by atoms with E-state index in [9.17, 15) is 9.59 Å². The molecular weight excluding hydrogens is 266 g/mol. The largest absolute Gasteiger partial charge is 0.347 e. The molecule has 0 fully saturated rings. The van der Waals surface area contributed by atoms with Crippen LogP contribution in [0.1, 0.15) is 45.7 Å². The van der Waals surface area contributed by atoms with Gasteiger partial charge in [-0.15, -0.1) is 0 Å². The predicted molar refractivity (Wildman–Crippen MR) is 83.9 cm³/mol. The lowest BCUT2D eigenvalue weighted by Crippen LogP contribution is -2.45. The fourth-order valence-corrected chi connectivity index (χ4v) is 2.23. The van der Waals surface area contributed by atoms with Crippen LogP contribution in [0.5, 0.6) is 0 Å². The van der Waals surface area contributed by atoms with Gasteiger partial charge in [0.25, 0.3) is 0 Å². The van der Waals surface area contributed by atoms with Crippen molar-refractivity contribution in [2.75, 3.05) is 7.05 Å². The van der Waals surface area contributed by atoms with Crippen molar-refractivity contribution in [3.8, 4) is 0 Å².